The Hall–Kier alpha value is -1.13. The number of nitrogens with two attached hydrogens (primary N) is 1. The van der Waals surface area contributed by atoms with Gasteiger partial charge in [-0.05, 0) is 30.0 Å². The molecule has 4 nitrogen and oxygen atoms in total. The van der Waals surface area contributed by atoms with Crippen LogP contribution in [0, 0.1) is 5.92 Å². The molecule has 0 saturated heterocycles. The van der Waals surface area contributed by atoms with Crippen LogP contribution in [0.15, 0.2) is 12.1 Å². The van der Waals surface area contributed by atoms with E-state index < -0.39 is 0 Å². The van der Waals surface area contributed by atoms with E-state index in [0.717, 1.165) is 12.0 Å². The molecule has 1 atom stereocenters. The van der Waals surface area contributed by atoms with Gasteiger partial charge >= 0.3 is 0 Å². The van der Waals surface area contributed by atoms with Crippen molar-refractivity contribution in [2.24, 2.45) is 11.7 Å². The molecule has 1 rings (SSSR count). The number of halogens is 1. The number of rotatable bonds is 5. The summed E-state index contributed by atoms with van der Waals surface area (Å²) in [4.78, 5) is 0. The van der Waals surface area contributed by atoms with Crippen molar-refractivity contribution in [1.82, 2.24) is 0 Å². The molecule has 0 unspecified atom stereocenters. The van der Waals surface area contributed by atoms with Crippen molar-refractivity contribution in [3.05, 3.63) is 17.7 Å². The monoisotopic (exact) mass is 275 g/mol. The van der Waals surface area contributed by atoms with Gasteiger partial charge in [0.15, 0.2) is 11.5 Å². The van der Waals surface area contributed by atoms with E-state index in [-0.39, 0.29) is 24.2 Å². The summed E-state index contributed by atoms with van der Waals surface area (Å²) in [5.74, 6) is 1.29. The van der Waals surface area contributed by atoms with Crippen molar-refractivity contribution in [3.63, 3.8) is 0 Å². The molecule has 0 radical (unpaired) electrons. The second-order valence-electron chi connectivity index (χ2n) is 4.51. The number of aromatic hydroxyl groups is 1. The molecule has 0 bridgehead atoms. The SMILES string of the molecule is COc1cc([C@@H](N)CC(C)C)cc(OC)c1O.Cl. The van der Waals surface area contributed by atoms with Crippen LogP contribution in [0.4, 0.5) is 0 Å². The molecule has 0 aliphatic rings. The number of benzene rings is 1. The van der Waals surface area contributed by atoms with Gasteiger partial charge in [-0.1, -0.05) is 13.8 Å². The van der Waals surface area contributed by atoms with Gasteiger partial charge < -0.3 is 20.3 Å². The van der Waals surface area contributed by atoms with Crippen LogP contribution in [0.2, 0.25) is 0 Å². The van der Waals surface area contributed by atoms with Crippen LogP contribution in [0.5, 0.6) is 17.2 Å². The lowest BCUT2D eigenvalue weighted by Crippen LogP contribution is -2.13. The van der Waals surface area contributed by atoms with Gasteiger partial charge in [0.25, 0.3) is 0 Å². The maximum absolute atomic E-state index is 9.79. The van der Waals surface area contributed by atoms with Crippen molar-refractivity contribution in [2.45, 2.75) is 26.3 Å². The number of methoxy groups -OCH3 is 2. The quantitative estimate of drug-likeness (QED) is 0.867. The first kappa shape index (κ1) is 16.9. The molecule has 1 aromatic carbocycles. The third kappa shape index (κ3) is 3.96. The third-order valence-corrected chi connectivity index (χ3v) is 2.66. The number of ether oxygens (including phenoxy) is 2. The van der Waals surface area contributed by atoms with Crippen LogP contribution in [0.25, 0.3) is 0 Å². The molecule has 0 aliphatic carbocycles. The topological polar surface area (TPSA) is 64.7 Å². The minimum atomic E-state index is -0.0848. The van der Waals surface area contributed by atoms with Gasteiger partial charge in [-0.2, -0.15) is 0 Å². The maximum Gasteiger partial charge on any atom is 0.200 e. The minimum absolute atomic E-state index is 0. The predicted molar refractivity (Wildman–Crippen MR) is 74.8 cm³/mol. The molecule has 0 fully saturated rings. The fourth-order valence-corrected chi connectivity index (χ4v) is 1.77. The van der Waals surface area contributed by atoms with Gasteiger partial charge in [0.05, 0.1) is 14.2 Å². The van der Waals surface area contributed by atoms with Crippen molar-refractivity contribution in [1.29, 1.82) is 0 Å². The fraction of sp³-hybridized carbons (Fsp3) is 0.538. The first-order valence-electron chi connectivity index (χ1n) is 5.70. The smallest absolute Gasteiger partial charge is 0.200 e. The van der Waals surface area contributed by atoms with Crippen molar-refractivity contribution in [3.8, 4) is 17.2 Å². The lowest BCUT2D eigenvalue weighted by atomic mass is 9.97. The normalized spacial score (nSPS) is 11.9. The Balaban J connectivity index is 0.00000289. The fourth-order valence-electron chi connectivity index (χ4n) is 1.77. The van der Waals surface area contributed by atoms with Gasteiger partial charge in [-0.15, -0.1) is 12.4 Å². The van der Waals surface area contributed by atoms with Crippen LogP contribution >= 0.6 is 12.4 Å². The standard InChI is InChI=1S/C13H21NO3.ClH/c1-8(2)5-10(14)9-6-11(16-3)13(15)12(7-9)17-4;/h6-8,10,15H,5,14H2,1-4H3;1H/t10-;/m0./s1. The van der Waals surface area contributed by atoms with Gasteiger partial charge in [0.1, 0.15) is 0 Å². The van der Waals surface area contributed by atoms with E-state index in [9.17, 15) is 5.11 Å². The molecule has 0 aliphatic heterocycles. The van der Waals surface area contributed by atoms with E-state index in [1.54, 1.807) is 12.1 Å². The molecule has 18 heavy (non-hydrogen) atoms. The van der Waals surface area contributed by atoms with Crippen LogP contribution in [0.3, 0.4) is 0 Å². The van der Waals surface area contributed by atoms with E-state index >= 15 is 0 Å². The summed E-state index contributed by atoms with van der Waals surface area (Å²) in [6.45, 7) is 4.24. The second kappa shape index (κ2) is 7.34. The molecular weight excluding hydrogens is 254 g/mol. The van der Waals surface area contributed by atoms with Crippen LogP contribution < -0.4 is 15.2 Å². The number of phenolic OH excluding ortho intramolecular Hbond substituents is 1. The van der Waals surface area contributed by atoms with Crippen molar-refractivity contribution < 1.29 is 14.6 Å². The van der Waals surface area contributed by atoms with E-state index in [2.05, 4.69) is 13.8 Å². The molecule has 0 spiro atoms. The Kier molecular flexibility index (Phi) is 6.88. The summed E-state index contributed by atoms with van der Waals surface area (Å²) in [6, 6.07) is 3.42. The zero-order valence-electron chi connectivity index (χ0n) is 11.3. The highest BCUT2D eigenvalue weighted by Gasteiger charge is 2.15. The number of hydrogen-bond acceptors (Lipinski definition) is 4. The van der Waals surface area contributed by atoms with Gasteiger partial charge in [0.2, 0.25) is 5.75 Å². The van der Waals surface area contributed by atoms with Crippen molar-refractivity contribution in [2.75, 3.05) is 14.2 Å². The molecule has 3 N–H and O–H groups in total. The van der Waals surface area contributed by atoms with Crippen LogP contribution in [0.1, 0.15) is 31.9 Å². The Bertz CT molecular complexity index is 357. The summed E-state index contributed by atoms with van der Waals surface area (Å²) >= 11 is 0. The summed E-state index contributed by atoms with van der Waals surface area (Å²) in [5, 5.41) is 9.79. The number of hydrogen-bond donors (Lipinski definition) is 2. The predicted octanol–water partition coefficient (Wildman–Crippen LogP) is 2.88. The molecule has 0 aromatic heterocycles. The zero-order chi connectivity index (χ0) is 13.0. The van der Waals surface area contributed by atoms with Gasteiger partial charge in [-0.25, -0.2) is 0 Å². The molecule has 5 heteroatoms. The Morgan fingerprint density at radius 1 is 1.17 bits per heavy atom. The summed E-state index contributed by atoms with van der Waals surface area (Å²) < 4.78 is 10.2. The van der Waals surface area contributed by atoms with E-state index in [1.165, 1.54) is 14.2 Å². The maximum atomic E-state index is 9.79. The van der Waals surface area contributed by atoms with E-state index in [4.69, 9.17) is 15.2 Å². The largest absolute Gasteiger partial charge is 0.502 e. The Labute approximate surface area is 115 Å². The lowest BCUT2D eigenvalue weighted by molar-refractivity contribution is 0.338. The van der Waals surface area contributed by atoms with E-state index in [0.29, 0.717) is 17.4 Å². The first-order chi connectivity index (χ1) is 7.99. The Morgan fingerprint density at radius 2 is 1.61 bits per heavy atom. The highest BCUT2D eigenvalue weighted by Crippen LogP contribution is 2.39. The summed E-state index contributed by atoms with van der Waals surface area (Å²) in [5.41, 5.74) is 7.01. The second-order valence-corrected chi connectivity index (χ2v) is 4.51. The van der Waals surface area contributed by atoms with E-state index in [1.807, 2.05) is 0 Å². The lowest BCUT2D eigenvalue weighted by Gasteiger charge is -2.17. The third-order valence-electron chi connectivity index (χ3n) is 2.66. The van der Waals surface area contributed by atoms with Crippen LogP contribution in [-0.2, 0) is 0 Å². The summed E-state index contributed by atoms with van der Waals surface area (Å²) in [6.07, 6.45) is 0.872. The van der Waals surface area contributed by atoms with Crippen LogP contribution in [-0.4, -0.2) is 19.3 Å². The molecule has 0 saturated carbocycles. The molecular formula is C13H22ClNO3. The minimum Gasteiger partial charge on any atom is -0.502 e. The highest BCUT2D eigenvalue weighted by atomic mass is 35.5. The molecule has 0 heterocycles. The average Bonchev–Trinajstić information content (AvgIpc) is 2.28. The first-order valence-corrected chi connectivity index (χ1v) is 5.70. The zero-order valence-corrected chi connectivity index (χ0v) is 12.1. The van der Waals surface area contributed by atoms with Gasteiger partial charge in [0, 0.05) is 6.04 Å². The summed E-state index contributed by atoms with van der Waals surface area (Å²) in [7, 11) is 3.01. The Morgan fingerprint density at radius 3 is 1.94 bits per heavy atom. The average molecular weight is 276 g/mol. The highest BCUT2D eigenvalue weighted by molar-refractivity contribution is 5.85. The molecule has 0 amide bonds. The molecule has 1 aromatic rings. The molecule has 104 valence electrons. The van der Waals surface area contributed by atoms with Crippen molar-refractivity contribution >= 4 is 12.4 Å². The van der Waals surface area contributed by atoms with Gasteiger partial charge in [-0.3, -0.25) is 0 Å². The number of phenols is 1.